The van der Waals surface area contributed by atoms with Crippen molar-refractivity contribution in [2.45, 2.75) is 17.9 Å². The maximum atomic E-state index is 12.0. The van der Waals surface area contributed by atoms with Crippen LogP contribution in [0.1, 0.15) is 28.9 Å². The summed E-state index contributed by atoms with van der Waals surface area (Å²) in [5, 5.41) is 2.93. The van der Waals surface area contributed by atoms with Crippen molar-refractivity contribution in [1.82, 2.24) is 10.3 Å². The van der Waals surface area contributed by atoms with Crippen LogP contribution in [0.4, 0.5) is 0 Å². The second-order valence-corrected chi connectivity index (χ2v) is 4.55. The first kappa shape index (κ1) is 12.6. The summed E-state index contributed by atoms with van der Waals surface area (Å²) in [6.45, 7) is 1.93. The number of carbonyl (C=O) groups is 1. The first-order valence-electron chi connectivity index (χ1n) is 5.66. The largest absolute Gasteiger partial charge is 0.345 e. The lowest BCUT2D eigenvalue weighted by Gasteiger charge is -2.13. The number of hydrogen-bond donors (Lipinski definition) is 2. The Kier molecular flexibility index (Phi) is 3.99. The zero-order valence-electron chi connectivity index (χ0n) is 10.00. The Morgan fingerprint density at radius 2 is 2.17 bits per heavy atom. The number of hydrogen-bond acceptors (Lipinski definition) is 3. The van der Waals surface area contributed by atoms with E-state index in [1.165, 1.54) is 0 Å². The fraction of sp³-hybridized carbons (Fsp3) is 0.143. The van der Waals surface area contributed by atoms with Gasteiger partial charge in [0.05, 0.1) is 6.04 Å². The molecule has 0 saturated carbocycles. The van der Waals surface area contributed by atoms with E-state index in [0.717, 1.165) is 10.5 Å². The number of thiol groups is 1. The van der Waals surface area contributed by atoms with E-state index in [4.69, 9.17) is 0 Å². The monoisotopic (exact) mass is 258 g/mol. The van der Waals surface area contributed by atoms with Crippen molar-refractivity contribution >= 4 is 18.5 Å². The predicted octanol–water partition coefficient (Wildman–Crippen LogP) is 2.86. The molecule has 1 heterocycles. The molecule has 0 spiro atoms. The summed E-state index contributed by atoms with van der Waals surface area (Å²) in [5.74, 6) is -0.109. The number of nitrogens with one attached hydrogen (secondary N) is 1. The molecular formula is C14H14N2OS. The molecule has 1 aromatic carbocycles. The van der Waals surface area contributed by atoms with Crippen molar-refractivity contribution in [3.8, 4) is 0 Å². The highest BCUT2D eigenvalue weighted by atomic mass is 32.1. The van der Waals surface area contributed by atoms with Gasteiger partial charge in [0.2, 0.25) is 0 Å². The highest BCUT2D eigenvalue weighted by molar-refractivity contribution is 7.80. The molecule has 92 valence electrons. The fourth-order valence-corrected chi connectivity index (χ4v) is 1.87. The first-order valence-corrected chi connectivity index (χ1v) is 6.11. The second kappa shape index (κ2) is 5.69. The summed E-state index contributed by atoms with van der Waals surface area (Å²) in [4.78, 5) is 16.8. The van der Waals surface area contributed by atoms with Crippen LogP contribution in [-0.2, 0) is 0 Å². The van der Waals surface area contributed by atoms with Crippen LogP contribution >= 0.6 is 12.6 Å². The molecule has 0 radical (unpaired) electrons. The molecule has 0 aliphatic carbocycles. The number of nitrogens with zero attached hydrogens (tertiary/aromatic N) is 1. The van der Waals surface area contributed by atoms with E-state index in [0.29, 0.717) is 5.56 Å². The smallest absolute Gasteiger partial charge is 0.251 e. The Balaban J connectivity index is 2.08. The van der Waals surface area contributed by atoms with Crippen LogP contribution in [0.25, 0.3) is 0 Å². The number of benzene rings is 1. The van der Waals surface area contributed by atoms with Crippen molar-refractivity contribution in [3.05, 3.63) is 59.9 Å². The van der Waals surface area contributed by atoms with Gasteiger partial charge in [0.15, 0.2) is 0 Å². The van der Waals surface area contributed by atoms with E-state index in [2.05, 4.69) is 22.9 Å². The molecule has 3 nitrogen and oxygen atoms in total. The molecule has 0 aliphatic heterocycles. The minimum Gasteiger partial charge on any atom is -0.345 e. The van der Waals surface area contributed by atoms with Gasteiger partial charge in [0, 0.05) is 22.9 Å². The molecule has 18 heavy (non-hydrogen) atoms. The molecule has 1 atom stereocenters. The topological polar surface area (TPSA) is 42.0 Å². The summed E-state index contributed by atoms with van der Waals surface area (Å²) in [5.41, 5.74) is 1.59. The van der Waals surface area contributed by atoms with Crippen LogP contribution < -0.4 is 5.32 Å². The molecule has 1 unspecified atom stereocenters. The Hall–Kier alpha value is -1.81. The van der Waals surface area contributed by atoms with E-state index in [1.807, 2.05) is 31.2 Å². The van der Waals surface area contributed by atoms with Gasteiger partial charge in [-0.05, 0) is 36.8 Å². The summed E-state index contributed by atoms with van der Waals surface area (Å²) in [6.07, 6.45) is 3.46. The third kappa shape index (κ3) is 3.11. The molecule has 4 heteroatoms. The molecule has 1 N–H and O–H groups in total. The van der Waals surface area contributed by atoms with E-state index in [-0.39, 0.29) is 11.9 Å². The quantitative estimate of drug-likeness (QED) is 0.831. The summed E-state index contributed by atoms with van der Waals surface area (Å²) in [7, 11) is 0. The molecule has 0 bridgehead atoms. The molecule has 0 aliphatic rings. The molecule has 1 amide bonds. The van der Waals surface area contributed by atoms with Crippen LogP contribution in [0, 0.1) is 0 Å². The lowest BCUT2D eigenvalue weighted by Crippen LogP contribution is -2.26. The lowest BCUT2D eigenvalue weighted by molar-refractivity contribution is 0.0939. The zero-order valence-corrected chi connectivity index (χ0v) is 10.9. The average molecular weight is 258 g/mol. The van der Waals surface area contributed by atoms with E-state index in [9.17, 15) is 4.79 Å². The average Bonchev–Trinajstić information content (AvgIpc) is 2.39. The number of pyridine rings is 1. The standard InChI is InChI=1S/C14H14N2OS/c1-10(12-5-3-7-15-9-12)16-14(17)11-4-2-6-13(18)8-11/h2-10,18H,1H3,(H,16,17). The zero-order chi connectivity index (χ0) is 13.0. The third-order valence-electron chi connectivity index (χ3n) is 2.64. The first-order chi connectivity index (χ1) is 8.66. The third-order valence-corrected chi connectivity index (χ3v) is 2.92. The van der Waals surface area contributed by atoms with Gasteiger partial charge in [0.1, 0.15) is 0 Å². The molecule has 2 rings (SSSR count). The number of carbonyl (C=O) groups excluding carboxylic acids is 1. The summed E-state index contributed by atoms with van der Waals surface area (Å²) >= 11 is 4.22. The van der Waals surface area contributed by atoms with Crippen molar-refractivity contribution in [2.75, 3.05) is 0 Å². The summed E-state index contributed by atoms with van der Waals surface area (Å²) < 4.78 is 0. The normalized spacial score (nSPS) is 11.9. The Morgan fingerprint density at radius 1 is 1.33 bits per heavy atom. The highest BCUT2D eigenvalue weighted by Gasteiger charge is 2.11. The van der Waals surface area contributed by atoms with Crippen LogP contribution in [0.3, 0.4) is 0 Å². The van der Waals surface area contributed by atoms with Gasteiger partial charge < -0.3 is 5.32 Å². The highest BCUT2D eigenvalue weighted by Crippen LogP contribution is 2.13. The van der Waals surface area contributed by atoms with Crippen molar-refractivity contribution in [3.63, 3.8) is 0 Å². The van der Waals surface area contributed by atoms with Gasteiger partial charge in [-0.1, -0.05) is 12.1 Å². The Bertz CT molecular complexity index is 543. The second-order valence-electron chi connectivity index (χ2n) is 4.03. The molecular weight excluding hydrogens is 244 g/mol. The van der Waals surface area contributed by atoms with Crippen LogP contribution in [0.2, 0.25) is 0 Å². The van der Waals surface area contributed by atoms with E-state index < -0.39 is 0 Å². The maximum absolute atomic E-state index is 12.0. The predicted molar refractivity (Wildman–Crippen MR) is 73.8 cm³/mol. The van der Waals surface area contributed by atoms with Crippen LogP contribution in [0.5, 0.6) is 0 Å². The van der Waals surface area contributed by atoms with Gasteiger partial charge in [-0.15, -0.1) is 12.6 Å². The Labute approximate surface area is 112 Å². The van der Waals surface area contributed by atoms with Gasteiger partial charge in [-0.2, -0.15) is 0 Å². The summed E-state index contributed by atoms with van der Waals surface area (Å²) in [6, 6.07) is 10.9. The minimum absolute atomic E-state index is 0.0743. The molecule has 2 aromatic rings. The number of amides is 1. The fourth-order valence-electron chi connectivity index (χ4n) is 1.64. The minimum atomic E-state index is -0.109. The Morgan fingerprint density at radius 3 is 2.83 bits per heavy atom. The number of rotatable bonds is 3. The number of aromatic nitrogens is 1. The van der Waals surface area contributed by atoms with Gasteiger partial charge in [-0.3, -0.25) is 9.78 Å². The van der Waals surface area contributed by atoms with Crippen molar-refractivity contribution in [2.24, 2.45) is 0 Å². The van der Waals surface area contributed by atoms with Crippen LogP contribution in [0.15, 0.2) is 53.7 Å². The van der Waals surface area contributed by atoms with Crippen molar-refractivity contribution in [1.29, 1.82) is 0 Å². The molecule has 1 aromatic heterocycles. The van der Waals surface area contributed by atoms with E-state index in [1.54, 1.807) is 24.5 Å². The van der Waals surface area contributed by atoms with Gasteiger partial charge >= 0.3 is 0 Å². The van der Waals surface area contributed by atoms with E-state index >= 15 is 0 Å². The van der Waals surface area contributed by atoms with Crippen molar-refractivity contribution < 1.29 is 4.79 Å². The SMILES string of the molecule is CC(NC(=O)c1cccc(S)c1)c1cccnc1. The van der Waals surface area contributed by atoms with Crippen LogP contribution in [-0.4, -0.2) is 10.9 Å². The van der Waals surface area contributed by atoms with Gasteiger partial charge in [0.25, 0.3) is 5.91 Å². The molecule has 0 saturated heterocycles. The molecule has 0 fully saturated rings. The van der Waals surface area contributed by atoms with Gasteiger partial charge in [-0.25, -0.2) is 0 Å². The maximum Gasteiger partial charge on any atom is 0.251 e. The lowest BCUT2D eigenvalue weighted by atomic mass is 10.1.